The number of nitrogens with two attached hydrogens (primary N) is 1. The van der Waals surface area contributed by atoms with E-state index in [1.807, 2.05) is 6.08 Å². The minimum Gasteiger partial charge on any atom is -0.401 e. The molecule has 2 aromatic heterocycles. The van der Waals surface area contributed by atoms with Gasteiger partial charge >= 0.3 is 6.01 Å². The fourth-order valence-corrected chi connectivity index (χ4v) is 4.58. The number of carbonyl (C=O) groups excluding carboxylic acids is 1. The number of nitrogens with one attached hydrogen (secondary N) is 2. The Hall–Kier alpha value is -3.38. The maximum Gasteiger partial charge on any atom is 0.322 e. The zero-order valence-electron chi connectivity index (χ0n) is 18.3. The summed E-state index contributed by atoms with van der Waals surface area (Å²) in [7, 11) is -3.39. The van der Waals surface area contributed by atoms with Crippen molar-refractivity contribution < 1.29 is 17.6 Å². The van der Waals surface area contributed by atoms with Crippen molar-refractivity contribution in [1.82, 2.24) is 25.5 Å². The van der Waals surface area contributed by atoms with Gasteiger partial charge in [-0.2, -0.15) is 0 Å². The standard InChI is InChI=1S/C21H25N7O4S/c1-12(2)33(30,31)14-6-3-5-13(8-9-14)16-11-24-18(22)17(25-16)20-27-28-21(32-20)26-19(29)15-7-4-10-23-15/h5-6,8-9,11-12,15,23H,3-4,7,10H2,1-2H3,(H2,22,24)(H,26,28,29). The molecule has 12 heteroatoms. The quantitative estimate of drug-likeness (QED) is 0.566. The number of hydrogen-bond acceptors (Lipinski definition) is 10. The number of allylic oxidation sites excluding steroid dienone is 5. The molecular weight excluding hydrogens is 446 g/mol. The van der Waals surface area contributed by atoms with Crippen molar-refractivity contribution in [1.29, 1.82) is 0 Å². The van der Waals surface area contributed by atoms with Crippen molar-refractivity contribution in [2.45, 2.75) is 44.4 Å². The van der Waals surface area contributed by atoms with Crippen LogP contribution in [0, 0.1) is 0 Å². The van der Waals surface area contributed by atoms with Gasteiger partial charge in [0.1, 0.15) is 0 Å². The van der Waals surface area contributed by atoms with Gasteiger partial charge in [0.2, 0.25) is 5.91 Å². The van der Waals surface area contributed by atoms with E-state index in [1.165, 1.54) is 6.20 Å². The van der Waals surface area contributed by atoms with Crippen LogP contribution in [0.5, 0.6) is 0 Å². The highest BCUT2D eigenvalue weighted by molar-refractivity contribution is 7.96. The van der Waals surface area contributed by atoms with E-state index in [1.54, 1.807) is 32.1 Å². The zero-order chi connectivity index (χ0) is 23.6. The third kappa shape index (κ3) is 4.86. The summed E-state index contributed by atoms with van der Waals surface area (Å²) < 4.78 is 30.5. The number of amides is 1. The second-order valence-corrected chi connectivity index (χ2v) is 10.5. The van der Waals surface area contributed by atoms with Crippen LogP contribution in [0.2, 0.25) is 0 Å². The monoisotopic (exact) mass is 471 g/mol. The van der Waals surface area contributed by atoms with Crippen LogP contribution in [0.15, 0.2) is 39.8 Å². The Bertz CT molecular complexity index is 1260. The molecule has 4 rings (SSSR count). The minimum absolute atomic E-state index is 0.0101. The summed E-state index contributed by atoms with van der Waals surface area (Å²) in [5.74, 6) is -0.156. The summed E-state index contributed by atoms with van der Waals surface area (Å²) in [5.41, 5.74) is 7.29. The van der Waals surface area contributed by atoms with Gasteiger partial charge in [0, 0.05) is 0 Å². The molecule has 1 aliphatic heterocycles. The molecule has 0 bridgehead atoms. The number of anilines is 2. The van der Waals surface area contributed by atoms with Gasteiger partial charge in [0.25, 0.3) is 5.89 Å². The van der Waals surface area contributed by atoms with Gasteiger partial charge in [0.05, 0.1) is 28.1 Å². The van der Waals surface area contributed by atoms with E-state index in [4.69, 9.17) is 10.2 Å². The lowest BCUT2D eigenvalue weighted by atomic mass is 10.1. The molecule has 3 heterocycles. The molecule has 1 saturated heterocycles. The molecule has 1 amide bonds. The molecule has 2 aliphatic rings. The van der Waals surface area contributed by atoms with Crippen molar-refractivity contribution in [2.75, 3.05) is 17.6 Å². The lowest BCUT2D eigenvalue weighted by molar-refractivity contribution is -0.117. The summed E-state index contributed by atoms with van der Waals surface area (Å²) in [6, 6.07) is -0.350. The first kappa shape index (κ1) is 22.8. The van der Waals surface area contributed by atoms with Gasteiger partial charge in [0.15, 0.2) is 21.3 Å². The van der Waals surface area contributed by atoms with Crippen LogP contribution < -0.4 is 16.4 Å². The molecule has 11 nitrogen and oxygen atoms in total. The van der Waals surface area contributed by atoms with E-state index >= 15 is 0 Å². The Balaban J connectivity index is 1.55. The summed E-state index contributed by atoms with van der Waals surface area (Å²) in [6.45, 7) is 4.08. The highest BCUT2D eigenvalue weighted by Crippen LogP contribution is 2.27. The molecular formula is C21H25N7O4S. The molecule has 174 valence electrons. The Morgan fingerprint density at radius 1 is 1.27 bits per heavy atom. The van der Waals surface area contributed by atoms with Crippen LogP contribution in [-0.2, 0) is 14.6 Å². The highest BCUT2D eigenvalue weighted by Gasteiger charge is 2.25. The fraction of sp³-hybridized carbons (Fsp3) is 0.381. The first-order valence-corrected chi connectivity index (χ1v) is 12.1. The van der Waals surface area contributed by atoms with E-state index in [0.717, 1.165) is 19.4 Å². The summed E-state index contributed by atoms with van der Waals surface area (Å²) in [4.78, 5) is 21.2. The first-order chi connectivity index (χ1) is 15.8. The van der Waals surface area contributed by atoms with E-state index in [0.29, 0.717) is 17.7 Å². The van der Waals surface area contributed by atoms with Crippen LogP contribution in [0.25, 0.3) is 17.2 Å². The van der Waals surface area contributed by atoms with E-state index in [9.17, 15) is 13.2 Å². The Morgan fingerprint density at radius 2 is 2.09 bits per heavy atom. The Morgan fingerprint density at radius 3 is 2.82 bits per heavy atom. The molecule has 1 fully saturated rings. The van der Waals surface area contributed by atoms with E-state index in [2.05, 4.69) is 30.8 Å². The largest absolute Gasteiger partial charge is 0.401 e. The summed E-state index contributed by atoms with van der Waals surface area (Å²) >= 11 is 0. The van der Waals surface area contributed by atoms with E-state index < -0.39 is 15.1 Å². The second kappa shape index (κ2) is 9.24. The van der Waals surface area contributed by atoms with Gasteiger partial charge in [-0.3, -0.25) is 10.1 Å². The molecule has 0 radical (unpaired) electrons. The van der Waals surface area contributed by atoms with Crippen LogP contribution in [0.3, 0.4) is 0 Å². The van der Waals surface area contributed by atoms with Crippen molar-refractivity contribution in [3.8, 4) is 11.6 Å². The molecule has 2 aromatic rings. The summed E-state index contributed by atoms with van der Waals surface area (Å²) in [6.07, 6.45) is 10.3. The van der Waals surface area contributed by atoms with Crippen molar-refractivity contribution in [3.63, 3.8) is 0 Å². The molecule has 1 unspecified atom stereocenters. The molecule has 33 heavy (non-hydrogen) atoms. The third-order valence-electron chi connectivity index (χ3n) is 5.36. The topological polar surface area (TPSA) is 166 Å². The van der Waals surface area contributed by atoms with Crippen molar-refractivity contribution >= 4 is 33.2 Å². The Kier molecular flexibility index (Phi) is 6.38. The van der Waals surface area contributed by atoms with Gasteiger partial charge in [-0.15, -0.1) is 5.10 Å². The van der Waals surface area contributed by atoms with Crippen molar-refractivity contribution in [3.05, 3.63) is 41.1 Å². The van der Waals surface area contributed by atoms with Crippen molar-refractivity contribution in [2.24, 2.45) is 0 Å². The molecule has 1 aliphatic carbocycles. The lowest BCUT2D eigenvalue weighted by Crippen LogP contribution is -2.35. The molecule has 0 aromatic carbocycles. The van der Waals surface area contributed by atoms with Gasteiger partial charge in [-0.05, 0) is 51.3 Å². The van der Waals surface area contributed by atoms with Gasteiger partial charge in [-0.25, -0.2) is 18.4 Å². The van der Waals surface area contributed by atoms with Crippen LogP contribution in [-0.4, -0.2) is 52.3 Å². The third-order valence-corrected chi connectivity index (χ3v) is 7.57. The van der Waals surface area contributed by atoms with E-state index in [-0.39, 0.29) is 40.3 Å². The maximum atomic E-state index is 12.5. The predicted molar refractivity (Wildman–Crippen MR) is 123 cm³/mol. The average Bonchev–Trinajstić information content (AvgIpc) is 3.41. The SMILES string of the molecule is CC(C)S(=O)(=O)C1=CCC=C(c2cnc(N)c(-c3nnc(NC(=O)C4CCCN4)o3)n2)C=C1. The smallest absolute Gasteiger partial charge is 0.322 e. The van der Waals surface area contributed by atoms with Crippen LogP contribution in [0.1, 0.15) is 38.8 Å². The molecule has 0 saturated carbocycles. The average molecular weight is 472 g/mol. The minimum atomic E-state index is -3.39. The maximum absolute atomic E-state index is 12.5. The number of carbonyl (C=O) groups is 1. The lowest BCUT2D eigenvalue weighted by Gasteiger charge is -2.08. The number of rotatable bonds is 6. The summed E-state index contributed by atoms with van der Waals surface area (Å²) in [5, 5.41) is 13.0. The normalized spacial score (nSPS) is 18.7. The van der Waals surface area contributed by atoms with Crippen LogP contribution >= 0.6 is 0 Å². The van der Waals surface area contributed by atoms with Crippen LogP contribution in [0.4, 0.5) is 11.8 Å². The second-order valence-electron chi connectivity index (χ2n) is 7.97. The first-order valence-electron chi connectivity index (χ1n) is 10.6. The predicted octanol–water partition coefficient (Wildman–Crippen LogP) is 1.85. The zero-order valence-corrected chi connectivity index (χ0v) is 19.1. The highest BCUT2D eigenvalue weighted by atomic mass is 32.2. The van der Waals surface area contributed by atoms with Gasteiger partial charge < -0.3 is 15.5 Å². The number of nitrogens with zero attached hydrogens (tertiary/aromatic N) is 4. The number of nitrogen functional groups attached to an aromatic ring is 1. The fourth-order valence-electron chi connectivity index (χ4n) is 3.45. The number of aromatic nitrogens is 4. The number of sulfone groups is 1. The Labute approximate surface area is 191 Å². The molecule has 1 atom stereocenters. The molecule has 0 spiro atoms. The number of hydrogen-bond donors (Lipinski definition) is 3. The van der Waals surface area contributed by atoms with Gasteiger partial charge in [-0.1, -0.05) is 23.3 Å². The molecule has 4 N–H and O–H groups in total.